The molecule has 0 bridgehead atoms. The van der Waals surface area contributed by atoms with E-state index in [2.05, 4.69) is 5.10 Å². The average molecular weight is 340 g/mol. The first-order valence-electron chi connectivity index (χ1n) is 8.28. The summed E-state index contributed by atoms with van der Waals surface area (Å²) in [5.74, 6) is 0. The highest BCUT2D eigenvalue weighted by Gasteiger charge is 2.52. The smallest absolute Gasteiger partial charge is 0.399 e. The summed E-state index contributed by atoms with van der Waals surface area (Å²) in [6.45, 7) is 7.87. The molecule has 2 fully saturated rings. The first kappa shape index (κ1) is 17.0. The maximum atomic E-state index is 12.7. The highest BCUT2D eigenvalue weighted by Crippen LogP contribution is 2.36. The lowest BCUT2D eigenvalue weighted by Crippen LogP contribution is -2.41. The minimum Gasteiger partial charge on any atom is -0.399 e. The molecule has 0 spiro atoms. The Morgan fingerprint density at radius 3 is 2.26 bits per heavy atom. The van der Waals surface area contributed by atoms with Crippen molar-refractivity contribution >= 4 is 22.6 Å². The van der Waals surface area contributed by atoms with Crippen LogP contribution in [0.2, 0.25) is 0 Å². The van der Waals surface area contributed by atoms with Gasteiger partial charge < -0.3 is 9.31 Å². The Balaban J connectivity index is 1.81. The van der Waals surface area contributed by atoms with Gasteiger partial charge in [0.25, 0.3) is 10.0 Å². The molecule has 0 aromatic carbocycles. The molecule has 3 rings (SSSR count). The third-order valence-corrected chi connectivity index (χ3v) is 7.37. The van der Waals surface area contributed by atoms with E-state index in [0.717, 1.165) is 23.3 Å². The third-order valence-electron chi connectivity index (χ3n) is 5.34. The number of nitrogens with zero attached hydrogens (tertiary/aromatic N) is 2. The molecule has 128 valence electrons. The van der Waals surface area contributed by atoms with E-state index in [1.807, 2.05) is 27.7 Å². The van der Waals surface area contributed by atoms with Gasteiger partial charge in [-0.25, -0.2) is 8.42 Å². The molecular formula is C15H25BN2O4S. The lowest BCUT2D eigenvalue weighted by molar-refractivity contribution is 0.00578. The molecule has 0 radical (unpaired) electrons. The van der Waals surface area contributed by atoms with Gasteiger partial charge in [0, 0.05) is 17.9 Å². The van der Waals surface area contributed by atoms with Crippen LogP contribution in [0, 0.1) is 0 Å². The van der Waals surface area contributed by atoms with Crippen molar-refractivity contribution in [2.24, 2.45) is 0 Å². The van der Waals surface area contributed by atoms with E-state index in [4.69, 9.17) is 9.31 Å². The van der Waals surface area contributed by atoms with Gasteiger partial charge in [-0.05, 0) is 40.5 Å². The zero-order valence-electron chi connectivity index (χ0n) is 14.3. The molecule has 0 N–H and O–H groups in total. The molecule has 1 saturated carbocycles. The lowest BCUT2D eigenvalue weighted by Gasteiger charge is -2.32. The minimum atomic E-state index is -3.43. The number of rotatable bonds is 3. The van der Waals surface area contributed by atoms with E-state index in [0.29, 0.717) is 18.3 Å². The van der Waals surface area contributed by atoms with Crippen molar-refractivity contribution < 1.29 is 17.7 Å². The second-order valence-electron chi connectivity index (χ2n) is 7.54. The summed E-state index contributed by atoms with van der Waals surface area (Å²) in [6.07, 6.45) is 7.55. The van der Waals surface area contributed by atoms with Gasteiger partial charge in [0.1, 0.15) is 0 Å². The maximum Gasteiger partial charge on any atom is 0.498 e. The Morgan fingerprint density at radius 1 is 1.13 bits per heavy atom. The zero-order valence-corrected chi connectivity index (χ0v) is 15.1. The van der Waals surface area contributed by atoms with Crippen LogP contribution in [0.5, 0.6) is 0 Å². The molecule has 0 amide bonds. The summed E-state index contributed by atoms with van der Waals surface area (Å²) in [6, 6.07) is 0. The van der Waals surface area contributed by atoms with E-state index >= 15 is 0 Å². The summed E-state index contributed by atoms with van der Waals surface area (Å²) >= 11 is 0. The van der Waals surface area contributed by atoms with Crippen LogP contribution in [0.3, 0.4) is 0 Å². The Morgan fingerprint density at radius 2 is 1.70 bits per heavy atom. The normalized spacial score (nSPS) is 25.0. The van der Waals surface area contributed by atoms with Crippen LogP contribution in [0.15, 0.2) is 12.4 Å². The number of hydrogen-bond acceptors (Lipinski definition) is 5. The molecule has 1 aromatic heterocycles. The van der Waals surface area contributed by atoms with Crippen LogP contribution < -0.4 is 5.46 Å². The van der Waals surface area contributed by atoms with Crippen molar-refractivity contribution in [3.8, 4) is 0 Å². The molecular weight excluding hydrogens is 315 g/mol. The summed E-state index contributed by atoms with van der Waals surface area (Å²) < 4.78 is 38.4. The van der Waals surface area contributed by atoms with Crippen molar-refractivity contribution in [3.63, 3.8) is 0 Å². The molecule has 0 unspecified atom stereocenters. The second-order valence-corrected chi connectivity index (χ2v) is 9.61. The standard InChI is InChI=1S/C15H25BN2O4S/c1-14(2)15(3,4)22-16(21-14)12-10-17-18(11-12)23(19,20)13-8-6-5-7-9-13/h10-11,13H,5-9H2,1-4H3. The topological polar surface area (TPSA) is 70.4 Å². The van der Waals surface area contributed by atoms with Gasteiger partial charge in [-0.15, -0.1) is 0 Å². The first-order valence-corrected chi connectivity index (χ1v) is 9.78. The molecule has 23 heavy (non-hydrogen) atoms. The van der Waals surface area contributed by atoms with Crippen molar-refractivity contribution in [1.82, 2.24) is 9.19 Å². The fraction of sp³-hybridized carbons (Fsp3) is 0.800. The van der Waals surface area contributed by atoms with Crippen LogP contribution in [0.1, 0.15) is 59.8 Å². The molecule has 6 nitrogen and oxygen atoms in total. The summed E-state index contributed by atoms with van der Waals surface area (Å²) in [5, 5.41) is 3.74. The van der Waals surface area contributed by atoms with Crippen LogP contribution in [-0.4, -0.2) is 41.2 Å². The fourth-order valence-electron chi connectivity index (χ4n) is 3.07. The van der Waals surface area contributed by atoms with Crippen LogP contribution in [0.4, 0.5) is 0 Å². The monoisotopic (exact) mass is 340 g/mol. The van der Waals surface area contributed by atoms with E-state index in [1.54, 1.807) is 0 Å². The fourth-order valence-corrected chi connectivity index (χ4v) is 4.76. The van der Waals surface area contributed by atoms with Gasteiger partial charge in [-0.2, -0.15) is 9.19 Å². The summed E-state index contributed by atoms with van der Waals surface area (Å²) in [7, 11) is -4.02. The SMILES string of the molecule is CC1(C)OB(c2cnn(S(=O)(=O)C3CCCCC3)c2)OC1(C)C. The van der Waals surface area contributed by atoms with Crippen LogP contribution in [0.25, 0.3) is 0 Å². The van der Waals surface area contributed by atoms with E-state index < -0.39 is 28.3 Å². The van der Waals surface area contributed by atoms with Gasteiger partial charge in [0.15, 0.2) is 0 Å². The van der Waals surface area contributed by atoms with E-state index in [1.165, 1.54) is 12.4 Å². The third kappa shape index (κ3) is 2.96. The second kappa shape index (κ2) is 5.60. The van der Waals surface area contributed by atoms with Gasteiger partial charge in [0.05, 0.1) is 16.5 Å². The molecule has 1 aliphatic heterocycles. The molecule has 1 aromatic rings. The van der Waals surface area contributed by atoms with Crippen molar-refractivity contribution in [1.29, 1.82) is 0 Å². The Bertz CT molecular complexity index is 661. The highest BCUT2D eigenvalue weighted by atomic mass is 32.2. The van der Waals surface area contributed by atoms with E-state index in [-0.39, 0.29) is 5.25 Å². The Labute approximate surface area is 138 Å². The van der Waals surface area contributed by atoms with Crippen molar-refractivity contribution in [2.45, 2.75) is 76.3 Å². The Kier molecular flexibility index (Phi) is 4.14. The minimum absolute atomic E-state index is 0.331. The van der Waals surface area contributed by atoms with Crippen molar-refractivity contribution in [2.75, 3.05) is 0 Å². The van der Waals surface area contributed by atoms with E-state index in [9.17, 15) is 8.42 Å². The molecule has 1 aliphatic carbocycles. The summed E-state index contributed by atoms with van der Waals surface area (Å²) in [4.78, 5) is 0. The zero-order chi connectivity index (χ0) is 16.9. The number of aromatic nitrogens is 2. The molecule has 1 saturated heterocycles. The van der Waals surface area contributed by atoms with Crippen LogP contribution >= 0.6 is 0 Å². The predicted octanol–water partition coefficient (Wildman–Crippen LogP) is 1.69. The van der Waals surface area contributed by atoms with Crippen LogP contribution in [-0.2, 0) is 19.3 Å². The number of hydrogen-bond donors (Lipinski definition) is 0. The van der Waals surface area contributed by atoms with Gasteiger partial charge >= 0.3 is 7.12 Å². The largest absolute Gasteiger partial charge is 0.498 e. The van der Waals surface area contributed by atoms with Gasteiger partial charge in [-0.3, -0.25) is 0 Å². The quantitative estimate of drug-likeness (QED) is 0.783. The molecule has 0 atom stereocenters. The average Bonchev–Trinajstić information content (AvgIpc) is 3.04. The lowest BCUT2D eigenvalue weighted by atomic mass is 9.82. The summed E-state index contributed by atoms with van der Waals surface area (Å²) in [5.41, 5.74) is -0.271. The first-order chi connectivity index (χ1) is 10.6. The van der Waals surface area contributed by atoms with Gasteiger partial charge in [-0.1, -0.05) is 19.3 Å². The molecule has 2 aliphatic rings. The highest BCUT2D eigenvalue weighted by molar-refractivity contribution is 7.90. The van der Waals surface area contributed by atoms with Gasteiger partial charge in [0.2, 0.25) is 0 Å². The van der Waals surface area contributed by atoms with Crippen molar-refractivity contribution in [3.05, 3.63) is 12.4 Å². The predicted molar refractivity (Wildman–Crippen MR) is 89.1 cm³/mol. The molecule has 8 heteroatoms. The Hall–Kier alpha value is -0.855. The maximum absolute atomic E-state index is 12.7. The molecule has 2 heterocycles.